The Labute approximate surface area is 211 Å². The minimum Gasteiger partial charge on any atom is -0.451 e. The highest BCUT2D eigenvalue weighted by molar-refractivity contribution is 6.55. The normalized spacial score (nSPS) is 15.2. The largest absolute Gasteiger partial charge is 0.451 e. The maximum Gasteiger partial charge on any atom is 0.245 e. The summed E-state index contributed by atoms with van der Waals surface area (Å²) in [4.78, 5) is 25.8. The lowest BCUT2D eigenvalue weighted by atomic mass is 9.82. The lowest BCUT2D eigenvalue weighted by Gasteiger charge is -2.24. The molecule has 3 rings (SSSR count). The van der Waals surface area contributed by atoms with Gasteiger partial charge in [0.15, 0.2) is 11.5 Å². The molecule has 0 bridgehead atoms. The molecule has 180 valence electrons. The molecule has 6 heteroatoms. The first-order chi connectivity index (χ1) is 15.9. The molecule has 0 amide bonds. The van der Waals surface area contributed by atoms with E-state index in [0.29, 0.717) is 11.5 Å². The van der Waals surface area contributed by atoms with Crippen molar-refractivity contribution in [3.8, 4) is 11.5 Å². The summed E-state index contributed by atoms with van der Waals surface area (Å²) in [6.07, 6.45) is 1.94. The summed E-state index contributed by atoms with van der Waals surface area (Å²) in [6.45, 7) is 12.8. The Balaban J connectivity index is 1.81. The zero-order valence-corrected chi connectivity index (χ0v) is 21.9. The van der Waals surface area contributed by atoms with Crippen LogP contribution >= 0.6 is 23.2 Å². The summed E-state index contributed by atoms with van der Waals surface area (Å²) in [5.41, 5.74) is 2.29. The van der Waals surface area contributed by atoms with Crippen LogP contribution in [0.3, 0.4) is 0 Å². The quantitative estimate of drug-likeness (QED) is 0.350. The van der Waals surface area contributed by atoms with E-state index >= 15 is 0 Å². The second-order valence-corrected chi connectivity index (χ2v) is 10.4. The van der Waals surface area contributed by atoms with E-state index in [2.05, 4.69) is 41.5 Å². The molecule has 0 unspecified atom stereocenters. The highest BCUT2D eigenvalue weighted by Crippen LogP contribution is 2.35. The van der Waals surface area contributed by atoms with Gasteiger partial charge in [0.25, 0.3) is 0 Å². The van der Waals surface area contributed by atoms with Crippen LogP contribution in [0.1, 0.15) is 65.5 Å². The number of rotatable bonds is 8. The van der Waals surface area contributed by atoms with Gasteiger partial charge >= 0.3 is 0 Å². The van der Waals surface area contributed by atoms with Crippen LogP contribution in [0.25, 0.3) is 0 Å². The number of Topliss-reactive ketones (excluding diaryl/α,β-unsaturated/α-hetero) is 2. The van der Waals surface area contributed by atoms with Crippen molar-refractivity contribution in [1.29, 1.82) is 0 Å². The molecule has 34 heavy (non-hydrogen) atoms. The Morgan fingerprint density at radius 3 is 1.18 bits per heavy atom. The predicted molar refractivity (Wildman–Crippen MR) is 137 cm³/mol. The van der Waals surface area contributed by atoms with Gasteiger partial charge in [-0.05, 0) is 59.1 Å². The summed E-state index contributed by atoms with van der Waals surface area (Å²) in [5, 5.41) is -0.739. The molecule has 0 aliphatic heterocycles. The van der Waals surface area contributed by atoms with E-state index in [-0.39, 0.29) is 32.4 Å². The van der Waals surface area contributed by atoms with E-state index in [1.54, 1.807) is 24.3 Å². The van der Waals surface area contributed by atoms with Crippen molar-refractivity contribution < 1.29 is 19.1 Å². The van der Waals surface area contributed by atoms with Crippen LogP contribution < -0.4 is 9.47 Å². The van der Waals surface area contributed by atoms with Crippen LogP contribution in [0.4, 0.5) is 0 Å². The van der Waals surface area contributed by atoms with Crippen molar-refractivity contribution in [2.45, 2.75) is 65.2 Å². The van der Waals surface area contributed by atoms with E-state index in [0.717, 1.165) is 24.0 Å². The number of benzene rings is 2. The summed E-state index contributed by atoms with van der Waals surface area (Å²) >= 11 is 12.5. The van der Waals surface area contributed by atoms with Gasteiger partial charge in [-0.3, -0.25) is 9.59 Å². The average molecular weight is 501 g/mol. The molecule has 0 saturated carbocycles. The van der Waals surface area contributed by atoms with Gasteiger partial charge in [-0.25, -0.2) is 0 Å². The van der Waals surface area contributed by atoms with Crippen LogP contribution in [-0.4, -0.2) is 11.6 Å². The third-order valence-corrected chi connectivity index (χ3v) is 7.38. The Morgan fingerprint density at radius 2 is 0.912 bits per heavy atom. The van der Waals surface area contributed by atoms with Crippen LogP contribution in [0, 0.1) is 0 Å². The fourth-order valence-corrected chi connectivity index (χ4v) is 3.80. The van der Waals surface area contributed by atoms with Crippen molar-refractivity contribution in [2.75, 3.05) is 0 Å². The highest BCUT2D eigenvalue weighted by Gasteiger charge is 2.37. The molecular formula is C28H30Cl2O4. The maximum atomic E-state index is 12.9. The maximum absolute atomic E-state index is 12.9. The van der Waals surface area contributed by atoms with E-state index in [9.17, 15) is 9.59 Å². The smallest absolute Gasteiger partial charge is 0.245 e. The number of halogens is 2. The van der Waals surface area contributed by atoms with Crippen molar-refractivity contribution in [3.63, 3.8) is 0 Å². The van der Waals surface area contributed by atoms with Gasteiger partial charge in [0.1, 0.15) is 21.6 Å². The first kappa shape index (κ1) is 26.1. The molecule has 1 aliphatic rings. The number of carbonyl (C=O) groups excluding carboxylic acids is 2. The summed E-state index contributed by atoms with van der Waals surface area (Å²) in [7, 11) is 0. The van der Waals surface area contributed by atoms with Gasteiger partial charge in [0, 0.05) is 0 Å². The van der Waals surface area contributed by atoms with E-state index in [4.69, 9.17) is 32.7 Å². The average Bonchev–Trinajstić information content (AvgIpc) is 2.84. The van der Waals surface area contributed by atoms with Gasteiger partial charge < -0.3 is 9.47 Å². The number of ether oxygens (including phenoxy) is 2. The first-order valence-corrected chi connectivity index (χ1v) is 12.1. The Hall–Kier alpha value is -2.56. The molecule has 0 spiro atoms. The summed E-state index contributed by atoms with van der Waals surface area (Å²) in [6, 6.07) is 14.7. The molecule has 1 aliphatic carbocycles. The first-order valence-electron chi connectivity index (χ1n) is 11.4. The van der Waals surface area contributed by atoms with Gasteiger partial charge in [-0.15, -0.1) is 0 Å². The van der Waals surface area contributed by atoms with Crippen LogP contribution in [0.15, 0.2) is 70.1 Å². The SMILES string of the molecule is CCC(C)(C)c1ccc(OC2=C(Cl)C(=O)C(Oc3ccc(C(C)(C)CC)cc3)=C(Cl)C2=O)cc1. The Kier molecular flexibility index (Phi) is 7.64. The minimum absolute atomic E-state index is 0.00878. The summed E-state index contributed by atoms with van der Waals surface area (Å²) < 4.78 is 11.4. The van der Waals surface area contributed by atoms with Crippen molar-refractivity contribution >= 4 is 34.8 Å². The molecule has 2 aromatic carbocycles. The van der Waals surface area contributed by atoms with Gasteiger partial charge in [0.2, 0.25) is 11.6 Å². The molecule has 0 saturated heterocycles. The number of allylic oxidation sites excluding steroid dienone is 2. The van der Waals surface area contributed by atoms with Gasteiger partial charge in [0.05, 0.1) is 0 Å². The van der Waals surface area contributed by atoms with Crippen molar-refractivity contribution in [3.05, 3.63) is 81.2 Å². The molecule has 0 N–H and O–H groups in total. The topological polar surface area (TPSA) is 52.6 Å². The number of hydrogen-bond donors (Lipinski definition) is 0. The Bertz CT molecular complexity index is 1060. The third-order valence-electron chi connectivity index (χ3n) is 6.69. The van der Waals surface area contributed by atoms with Crippen molar-refractivity contribution in [1.82, 2.24) is 0 Å². The predicted octanol–water partition coefficient (Wildman–Crippen LogP) is 7.57. The molecule has 0 fully saturated rings. The molecule has 0 radical (unpaired) electrons. The zero-order chi connectivity index (χ0) is 25.3. The fourth-order valence-electron chi connectivity index (χ4n) is 3.38. The lowest BCUT2D eigenvalue weighted by Crippen LogP contribution is -2.25. The number of hydrogen-bond acceptors (Lipinski definition) is 4. The number of carbonyl (C=O) groups is 2. The fraction of sp³-hybridized carbons (Fsp3) is 0.357. The molecular weight excluding hydrogens is 471 g/mol. The number of ketones is 2. The Morgan fingerprint density at radius 1 is 0.618 bits per heavy atom. The molecule has 4 nitrogen and oxygen atoms in total. The third kappa shape index (κ3) is 5.24. The van der Waals surface area contributed by atoms with Gasteiger partial charge in [-0.2, -0.15) is 0 Å². The van der Waals surface area contributed by atoms with E-state index in [1.807, 2.05) is 24.3 Å². The summed E-state index contributed by atoms with van der Waals surface area (Å²) in [5.74, 6) is -1.27. The minimum atomic E-state index is -0.706. The van der Waals surface area contributed by atoms with E-state index < -0.39 is 11.6 Å². The monoisotopic (exact) mass is 500 g/mol. The second-order valence-electron chi connectivity index (χ2n) is 9.67. The standard InChI is InChI=1S/C28H30Cl2O4/c1-7-27(3,4)17-9-13-19(14-10-17)33-25-21(29)24(32)26(22(30)23(25)31)34-20-15-11-18(12-16-20)28(5,6)8-2/h9-16H,7-8H2,1-6H3. The molecule has 0 aromatic heterocycles. The van der Waals surface area contributed by atoms with Crippen LogP contribution in [0.5, 0.6) is 11.5 Å². The second kappa shape index (κ2) is 9.97. The zero-order valence-electron chi connectivity index (χ0n) is 20.4. The molecule has 2 aromatic rings. The molecule has 0 heterocycles. The lowest BCUT2D eigenvalue weighted by molar-refractivity contribution is -0.118. The highest BCUT2D eigenvalue weighted by atomic mass is 35.5. The van der Waals surface area contributed by atoms with Crippen LogP contribution in [-0.2, 0) is 20.4 Å². The van der Waals surface area contributed by atoms with Gasteiger partial charge in [-0.1, -0.05) is 89.0 Å². The molecule has 0 atom stereocenters. The van der Waals surface area contributed by atoms with Crippen LogP contribution in [0.2, 0.25) is 0 Å². The van der Waals surface area contributed by atoms with Crippen molar-refractivity contribution in [2.24, 2.45) is 0 Å². The van der Waals surface area contributed by atoms with E-state index in [1.165, 1.54) is 0 Å².